The highest BCUT2D eigenvalue weighted by Gasteiger charge is 2.15. The van der Waals surface area contributed by atoms with E-state index in [0.29, 0.717) is 17.4 Å². The number of hydrogen-bond donors (Lipinski definition) is 1. The molecule has 1 aromatic carbocycles. The average Bonchev–Trinajstić information content (AvgIpc) is 2.43. The summed E-state index contributed by atoms with van der Waals surface area (Å²) < 4.78 is 10.4. The van der Waals surface area contributed by atoms with Crippen molar-refractivity contribution in [3.63, 3.8) is 0 Å². The van der Waals surface area contributed by atoms with E-state index in [9.17, 15) is 5.11 Å². The fraction of sp³-hybridized carbons (Fsp3) is 0.600. The Hall–Kier alpha value is -1.22. The van der Waals surface area contributed by atoms with Crippen molar-refractivity contribution in [3.8, 4) is 11.5 Å². The summed E-state index contributed by atoms with van der Waals surface area (Å²) in [6.45, 7) is 4.32. The average molecular weight is 252 g/mol. The molecule has 3 heteroatoms. The number of rotatable bonds is 7. The van der Waals surface area contributed by atoms with Gasteiger partial charge in [0.05, 0.1) is 20.3 Å². The first-order chi connectivity index (χ1) is 8.65. The Bertz CT molecular complexity index is 359. The van der Waals surface area contributed by atoms with Crippen LogP contribution in [0.1, 0.15) is 44.8 Å². The standard InChI is InChI=1S/C15H24O3/c1-5-11(6-2)9-13(16)12-7-8-14(17-3)15(10-12)18-4/h7-8,10-11,13,16H,5-6,9H2,1-4H3. The molecular formula is C15H24O3. The Morgan fingerprint density at radius 3 is 2.17 bits per heavy atom. The molecule has 0 aliphatic rings. The molecule has 1 unspecified atom stereocenters. The predicted octanol–water partition coefficient (Wildman–Crippen LogP) is 3.56. The highest BCUT2D eigenvalue weighted by Crippen LogP contribution is 2.32. The second-order valence-corrected chi connectivity index (χ2v) is 4.55. The lowest BCUT2D eigenvalue weighted by Crippen LogP contribution is -2.06. The van der Waals surface area contributed by atoms with E-state index in [1.54, 1.807) is 14.2 Å². The monoisotopic (exact) mass is 252 g/mol. The molecule has 0 aliphatic heterocycles. The first-order valence-corrected chi connectivity index (χ1v) is 6.56. The minimum atomic E-state index is -0.435. The van der Waals surface area contributed by atoms with Crippen LogP contribution in [0.25, 0.3) is 0 Å². The molecule has 0 bridgehead atoms. The number of hydrogen-bond acceptors (Lipinski definition) is 3. The molecule has 0 aliphatic carbocycles. The molecule has 0 aromatic heterocycles. The van der Waals surface area contributed by atoms with Gasteiger partial charge in [0.2, 0.25) is 0 Å². The van der Waals surface area contributed by atoms with Crippen LogP contribution in [0.5, 0.6) is 11.5 Å². The number of aliphatic hydroxyl groups is 1. The SMILES string of the molecule is CCC(CC)CC(O)c1ccc(OC)c(OC)c1. The van der Waals surface area contributed by atoms with Gasteiger partial charge in [-0.15, -0.1) is 0 Å². The molecule has 18 heavy (non-hydrogen) atoms. The van der Waals surface area contributed by atoms with Crippen LogP contribution in [0, 0.1) is 5.92 Å². The summed E-state index contributed by atoms with van der Waals surface area (Å²) in [5.74, 6) is 1.92. The van der Waals surface area contributed by atoms with Crippen LogP contribution in [0.15, 0.2) is 18.2 Å². The lowest BCUT2D eigenvalue weighted by Gasteiger charge is -2.18. The fourth-order valence-electron chi connectivity index (χ4n) is 2.13. The zero-order valence-electron chi connectivity index (χ0n) is 11.8. The minimum Gasteiger partial charge on any atom is -0.493 e. The van der Waals surface area contributed by atoms with Gasteiger partial charge in [-0.05, 0) is 30.0 Å². The second kappa shape index (κ2) is 7.27. The Balaban J connectivity index is 2.82. The van der Waals surface area contributed by atoms with Crippen molar-refractivity contribution in [1.29, 1.82) is 0 Å². The molecule has 1 rings (SSSR count). The first kappa shape index (κ1) is 14.8. The molecule has 0 radical (unpaired) electrons. The van der Waals surface area contributed by atoms with E-state index in [4.69, 9.17) is 9.47 Å². The summed E-state index contributed by atoms with van der Waals surface area (Å²) in [4.78, 5) is 0. The maximum absolute atomic E-state index is 10.2. The molecule has 0 amide bonds. The Kier molecular flexibility index (Phi) is 5.99. The summed E-state index contributed by atoms with van der Waals surface area (Å²) in [5, 5.41) is 10.2. The van der Waals surface area contributed by atoms with Gasteiger partial charge < -0.3 is 14.6 Å². The Morgan fingerprint density at radius 2 is 1.67 bits per heavy atom. The minimum absolute atomic E-state index is 0.435. The van der Waals surface area contributed by atoms with E-state index in [-0.39, 0.29) is 0 Å². The molecule has 0 spiro atoms. The summed E-state index contributed by atoms with van der Waals surface area (Å²) in [5.41, 5.74) is 0.888. The van der Waals surface area contributed by atoms with Crippen LogP contribution < -0.4 is 9.47 Å². The predicted molar refractivity (Wildman–Crippen MR) is 73.2 cm³/mol. The highest BCUT2D eigenvalue weighted by molar-refractivity contribution is 5.43. The van der Waals surface area contributed by atoms with Crippen molar-refractivity contribution >= 4 is 0 Å². The van der Waals surface area contributed by atoms with Gasteiger partial charge in [-0.25, -0.2) is 0 Å². The van der Waals surface area contributed by atoms with Crippen LogP contribution >= 0.6 is 0 Å². The van der Waals surface area contributed by atoms with E-state index in [1.807, 2.05) is 18.2 Å². The van der Waals surface area contributed by atoms with E-state index >= 15 is 0 Å². The third kappa shape index (κ3) is 3.64. The quantitative estimate of drug-likeness (QED) is 0.806. The van der Waals surface area contributed by atoms with Gasteiger partial charge in [-0.2, -0.15) is 0 Å². The molecular weight excluding hydrogens is 228 g/mol. The molecule has 0 fully saturated rings. The van der Waals surface area contributed by atoms with E-state index in [2.05, 4.69) is 13.8 Å². The van der Waals surface area contributed by atoms with Crippen molar-refractivity contribution in [3.05, 3.63) is 23.8 Å². The maximum Gasteiger partial charge on any atom is 0.161 e. The van der Waals surface area contributed by atoms with Crippen molar-refractivity contribution in [2.24, 2.45) is 5.92 Å². The van der Waals surface area contributed by atoms with Crippen molar-refractivity contribution < 1.29 is 14.6 Å². The first-order valence-electron chi connectivity index (χ1n) is 6.56. The van der Waals surface area contributed by atoms with E-state index in [0.717, 1.165) is 24.8 Å². The molecule has 0 saturated carbocycles. The summed E-state index contributed by atoms with van der Waals surface area (Å²) in [6, 6.07) is 5.59. The smallest absolute Gasteiger partial charge is 0.161 e. The third-order valence-corrected chi connectivity index (χ3v) is 3.50. The number of methoxy groups -OCH3 is 2. The van der Waals surface area contributed by atoms with Crippen molar-refractivity contribution in [2.45, 2.75) is 39.2 Å². The van der Waals surface area contributed by atoms with Crippen LogP contribution in [0.4, 0.5) is 0 Å². The number of benzene rings is 1. The van der Waals surface area contributed by atoms with Gasteiger partial charge in [-0.3, -0.25) is 0 Å². The van der Waals surface area contributed by atoms with Gasteiger partial charge in [0, 0.05) is 0 Å². The lowest BCUT2D eigenvalue weighted by atomic mass is 9.93. The van der Waals surface area contributed by atoms with Gasteiger partial charge in [0.15, 0.2) is 11.5 Å². The van der Waals surface area contributed by atoms with Crippen molar-refractivity contribution in [1.82, 2.24) is 0 Å². The fourth-order valence-corrected chi connectivity index (χ4v) is 2.13. The van der Waals surface area contributed by atoms with Crippen LogP contribution in [-0.2, 0) is 0 Å². The number of aliphatic hydroxyl groups excluding tert-OH is 1. The molecule has 3 nitrogen and oxygen atoms in total. The zero-order valence-corrected chi connectivity index (χ0v) is 11.8. The summed E-state index contributed by atoms with van der Waals surface area (Å²) in [6.07, 6.45) is 2.55. The molecule has 1 aromatic rings. The largest absolute Gasteiger partial charge is 0.493 e. The van der Waals surface area contributed by atoms with Gasteiger partial charge >= 0.3 is 0 Å². The molecule has 1 atom stereocenters. The Morgan fingerprint density at radius 1 is 1.06 bits per heavy atom. The zero-order chi connectivity index (χ0) is 13.5. The topological polar surface area (TPSA) is 38.7 Å². The molecule has 0 heterocycles. The molecule has 0 saturated heterocycles. The van der Waals surface area contributed by atoms with Gasteiger partial charge in [-0.1, -0.05) is 32.8 Å². The highest BCUT2D eigenvalue weighted by atomic mass is 16.5. The molecule has 1 N–H and O–H groups in total. The van der Waals surface area contributed by atoms with Crippen molar-refractivity contribution in [2.75, 3.05) is 14.2 Å². The molecule has 102 valence electrons. The Labute approximate surface area is 110 Å². The normalized spacial score (nSPS) is 12.6. The number of ether oxygens (including phenoxy) is 2. The van der Waals surface area contributed by atoms with E-state index < -0.39 is 6.10 Å². The van der Waals surface area contributed by atoms with Gasteiger partial charge in [0.25, 0.3) is 0 Å². The van der Waals surface area contributed by atoms with Crippen LogP contribution in [0.3, 0.4) is 0 Å². The maximum atomic E-state index is 10.2. The van der Waals surface area contributed by atoms with Crippen LogP contribution in [0.2, 0.25) is 0 Å². The third-order valence-electron chi connectivity index (χ3n) is 3.50. The summed E-state index contributed by atoms with van der Waals surface area (Å²) in [7, 11) is 3.22. The van der Waals surface area contributed by atoms with Gasteiger partial charge in [0.1, 0.15) is 0 Å². The second-order valence-electron chi connectivity index (χ2n) is 4.55. The van der Waals surface area contributed by atoms with Crippen LogP contribution in [-0.4, -0.2) is 19.3 Å². The summed E-state index contributed by atoms with van der Waals surface area (Å²) >= 11 is 0. The lowest BCUT2D eigenvalue weighted by molar-refractivity contribution is 0.141. The van der Waals surface area contributed by atoms with E-state index in [1.165, 1.54) is 0 Å².